The van der Waals surface area contributed by atoms with Crippen LogP contribution in [0.25, 0.3) is 0 Å². The number of anilines is 1. The number of nitrogens with zero attached hydrogens (tertiary/aromatic N) is 2. The molecule has 1 fully saturated rings. The molecule has 106 valence electrons. The highest BCUT2D eigenvalue weighted by molar-refractivity contribution is 5.42. The Morgan fingerprint density at radius 3 is 2.79 bits per heavy atom. The van der Waals surface area contributed by atoms with Gasteiger partial charge in [-0.05, 0) is 56.3 Å². The first kappa shape index (κ1) is 14.3. The van der Waals surface area contributed by atoms with Crippen LogP contribution in [0.3, 0.4) is 0 Å². The number of nitrogens with one attached hydrogen (secondary N) is 1. The fourth-order valence-electron chi connectivity index (χ4n) is 2.58. The molecule has 1 aliphatic carbocycles. The maximum atomic E-state index is 4.67. The summed E-state index contributed by atoms with van der Waals surface area (Å²) >= 11 is 0. The number of pyridine rings is 1. The minimum atomic E-state index is 0.883. The summed E-state index contributed by atoms with van der Waals surface area (Å²) in [6.45, 7) is 7.46. The standard InChI is InChI=1S/C16H27N3/c1-4-8-17-11-15-9-13(2)18-16(10-15)19(3)12-14-6-5-7-14/h9-10,14,17H,4-8,11-12H2,1-3H3. The Bertz CT molecular complexity index is 399. The summed E-state index contributed by atoms with van der Waals surface area (Å²) in [4.78, 5) is 6.99. The van der Waals surface area contributed by atoms with Crippen molar-refractivity contribution in [2.45, 2.75) is 46.1 Å². The van der Waals surface area contributed by atoms with E-state index in [1.165, 1.54) is 31.2 Å². The number of hydrogen-bond donors (Lipinski definition) is 1. The van der Waals surface area contributed by atoms with Crippen molar-refractivity contribution in [3.63, 3.8) is 0 Å². The molecule has 0 spiro atoms. The van der Waals surface area contributed by atoms with E-state index in [1.807, 2.05) is 0 Å². The molecule has 1 saturated carbocycles. The first-order chi connectivity index (χ1) is 9.19. The van der Waals surface area contributed by atoms with Gasteiger partial charge in [-0.2, -0.15) is 0 Å². The minimum Gasteiger partial charge on any atom is -0.359 e. The third-order valence-electron chi connectivity index (χ3n) is 3.90. The fourth-order valence-corrected chi connectivity index (χ4v) is 2.58. The molecule has 0 unspecified atom stereocenters. The monoisotopic (exact) mass is 261 g/mol. The van der Waals surface area contributed by atoms with Crippen LogP contribution in [0.2, 0.25) is 0 Å². The zero-order valence-electron chi connectivity index (χ0n) is 12.6. The van der Waals surface area contributed by atoms with Gasteiger partial charge in [0.25, 0.3) is 0 Å². The lowest BCUT2D eigenvalue weighted by molar-refractivity contribution is 0.321. The molecule has 0 aromatic carbocycles. The van der Waals surface area contributed by atoms with E-state index in [0.717, 1.165) is 37.1 Å². The average molecular weight is 261 g/mol. The van der Waals surface area contributed by atoms with Gasteiger partial charge in [-0.3, -0.25) is 0 Å². The van der Waals surface area contributed by atoms with Crippen LogP contribution >= 0.6 is 0 Å². The number of aryl methyl sites for hydroxylation is 1. The highest BCUT2D eigenvalue weighted by atomic mass is 15.2. The van der Waals surface area contributed by atoms with Crippen LogP contribution in [0.5, 0.6) is 0 Å². The summed E-state index contributed by atoms with van der Waals surface area (Å²) in [6, 6.07) is 4.41. The van der Waals surface area contributed by atoms with Gasteiger partial charge in [0.05, 0.1) is 0 Å². The van der Waals surface area contributed by atoms with Crippen molar-refractivity contribution >= 4 is 5.82 Å². The van der Waals surface area contributed by atoms with E-state index in [4.69, 9.17) is 0 Å². The molecule has 1 aromatic heterocycles. The number of rotatable bonds is 7. The smallest absolute Gasteiger partial charge is 0.128 e. The normalized spacial score (nSPS) is 15.3. The van der Waals surface area contributed by atoms with E-state index in [2.05, 4.69) is 48.2 Å². The van der Waals surface area contributed by atoms with Crippen molar-refractivity contribution < 1.29 is 0 Å². The molecule has 0 saturated heterocycles. The van der Waals surface area contributed by atoms with Crippen LogP contribution in [-0.2, 0) is 6.54 Å². The lowest BCUT2D eigenvalue weighted by atomic mass is 9.85. The minimum absolute atomic E-state index is 0.883. The molecule has 1 heterocycles. The second-order valence-electron chi connectivity index (χ2n) is 5.83. The SMILES string of the molecule is CCCNCc1cc(C)nc(N(C)CC2CCC2)c1. The first-order valence-corrected chi connectivity index (χ1v) is 7.58. The molecule has 0 bridgehead atoms. The molecule has 19 heavy (non-hydrogen) atoms. The van der Waals surface area contributed by atoms with Gasteiger partial charge in [0, 0.05) is 25.8 Å². The van der Waals surface area contributed by atoms with Crippen LogP contribution in [0.4, 0.5) is 5.82 Å². The van der Waals surface area contributed by atoms with Gasteiger partial charge in [-0.25, -0.2) is 4.98 Å². The summed E-state index contributed by atoms with van der Waals surface area (Å²) in [5, 5.41) is 3.46. The number of aromatic nitrogens is 1. The molecule has 0 aliphatic heterocycles. The van der Waals surface area contributed by atoms with E-state index in [-0.39, 0.29) is 0 Å². The van der Waals surface area contributed by atoms with E-state index < -0.39 is 0 Å². The third-order valence-corrected chi connectivity index (χ3v) is 3.90. The quantitative estimate of drug-likeness (QED) is 0.764. The van der Waals surface area contributed by atoms with Crippen LogP contribution < -0.4 is 10.2 Å². The molecule has 0 atom stereocenters. The second-order valence-corrected chi connectivity index (χ2v) is 5.83. The summed E-state index contributed by atoms with van der Waals surface area (Å²) in [5.74, 6) is 2.01. The molecule has 3 heteroatoms. The Balaban J connectivity index is 1.97. The average Bonchev–Trinajstić information content (AvgIpc) is 2.33. The largest absolute Gasteiger partial charge is 0.359 e. The molecule has 3 nitrogen and oxygen atoms in total. The molecule has 0 amide bonds. The van der Waals surface area contributed by atoms with Gasteiger partial charge < -0.3 is 10.2 Å². The lowest BCUT2D eigenvalue weighted by Crippen LogP contribution is -2.30. The Morgan fingerprint density at radius 1 is 1.37 bits per heavy atom. The lowest BCUT2D eigenvalue weighted by Gasteiger charge is -2.31. The highest BCUT2D eigenvalue weighted by Gasteiger charge is 2.19. The summed E-state index contributed by atoms with van der Waals surface area (Å²) < 4.78 is 0. The van der Waals surface area contributed by atoms with Gasteiger partial charge >= 0.3 is 0 Å². The fraction of sp³-hybridized carbons (Fsp3) is 0.688. The molecular weight excluding hydrogens is 234 g/mol. The van der Waals surface area contributed by atoms with Crippen molar-refractivity contribution in [3.05, 3.63) is 23.4 Å². The molecule has 0 radical (unpaired) electrons. The van der Waals surface area contributed by atoms with Crippen molar-refractivity contribution in [3.8, 4) is 0 Å². The van der Waals surface area contributed by atoms with Crippen molar-refractivity contribution in [1.82, 2.24) is 10.3 Å². The zero-order valence-corrected chi connectivity index (χ0v) is 12.6. The Kier molecular flexibility index (Phi) is 5.20. The Labute approximate surface area is 117 Å². The zero-order chi connectivity index (χ0) is 13.7. The van der Waals surface area contributed by atoms with Crippen LogP contribution in [0.1, 0.15) is 43.9 Å². The molecule has 1 aliphatic rings. The van der Waals surface area contributed by atoms with Crippen molar-refractivity contribution in [1.29, 1.82) is 0 Å². The van der Waals surface area contributed by atoms with Gasteiger partial charge in [-0.15, -0.1) is 0 Å². The topological polar surface area (TPSA) is 28.2 Å². The number of hydrogen-bond acceptors (Lipinski definition) is 3. The predicted octanol–water partition coefficient (Wildman–Crippen LogP) is 3.13. The maximum absolute atomic E-state index is 4.67. The van der Waals surface area contributed by atoms with Crippen LogP contribution in [0.15, 0.2) is 12.1 Å². The van der Waals surface area contributed by atoms with E-state index in [9.17, 15) is 0 Å². The summed E-state index contributed by atoms with van der Waals surface area (Å²) in [6.07, 6.45) is 5.37. The van der Waals surface area contributed by atoms with E-state index in [1.54, 1.807) is 0 Å². The second kappa shape index (κ2) is 6.90. The Morgan fingerprint density at radius 2 is 2.16 bits per heavy atom. The van der Waals surface area contributed by atoms with Crippen molar-refractivity contribution in [2.75, 3.05) is 25.0 Å². The van der Waals surface area contributed by atoms with Gasteiger partial charge in [0.2, 0.25) is 0 Å². The van der Waals surface area contributed by atoms with Gasteiger partial charge in [0.1, 0.15) is 5.82 Å². The van der Waals surface area contributed by atoms with Gasteiger partial charge in [0.15, 0.2) is 0 Å². The molecular formula is C16H27N3. The van der Waals surface area contributed by atoms with Gasteiger partial charge in [-0.1, -0.05) is 13.3 Å². The Hall–Kier alpha value is -1.09. The molecule has 2 rings (SSSR count). The van der Waals surface area contributed by atoms with E-state index in [0.29, 0.717) is 0 Å². The summed E-state index contributed by atoms with van der Waals surface area (Å²) in [7, 11) is 2.17. The summed E-state index contributed by atoms with van der Waals surface area (Å²) in [5.41, 5.74) is 2.46. The molecule has 1 N–H and O–H groups in total. The first-order valence-electron chi connectivity index (χ1n) is 7.58. The molecule has 1 aromatic rings. The maximum Gasteiger partial charge on any atom is 0.128 e. The highest BCUT2D eigenvalue weighted by Crippen LogP contribution is 2.28. The van der Waals surface area contributed by atoms with Crippen LogP contribution in [0, 0.1) is 12.8 Å². The predicted molar refractivity (Wildman–Crippen MR) is 81.6 cm³/mol. The van der Waals surface area contributed by atoms with Crippen molar-refractivity contribution in [2.24, 2.45) is 5.92 Å². The van der Waals surface area contributed by atoms with Crippen LogP contribution in [-0.4, -0.2) is 25.1 Å². The third kappa shape index (κ3) is 4.20. The van der Waals surface area contributed by atoms with E-state index >= 15 is 0 Å².